The summed E-state index contributed by atoms with van der Waals surface area (Å²) in [6.45, 7) is 2.40. The first-order chi connectivity index (χ1) is 11.9. The van der Waals surface area contributed by atoms with Crippen LogP contribution in [0.1, 0.15) is 24.8 Å². The van der Waals surface area contributed by atoms with Crippen molar-refractivity contribution in [3.05, 3.63) is 64.1 Å². The maximum absolute atomic E-state index is 13.3. The summed E-state index contributed by atoms with van der Waals surface area (Å²) in [7, 11) is 0. The third-order valence-corrected chi connectivity index (χ3v) is 5.68. The van der Waals surface area contributed by atoms with Crippen molar-refractivity contribution >= 4 is 40.8 Å². The number of carbonyl (C=O) groups is 2. The highest BCUT2D eigenvalue weighted by atomic mass is 35.5. The summed E-state index contributed by atoms with van der Waals surface area (Å²) in [5, 5.41) is 0.778. The topological polar surface area (TPSA) is 40.6 Å². The van der Waals surface area contributed by atoms with E-state index >= 15 is 0 Å². The highest BCUT2D eigenvalue weighted by molar-refractivity contribution is 6.35. The fourth-order valence-electron chi connectivity index (χ4n) is 4.03. The Morgan fingerprint density at radius 2 is 1.68 bits per heavy atom. The van der Waals surface area contributed by atoms with Crippen LogP contribution in [0.15, 0.2) is 48.5 Å². The Bertz CT molecular complexity index is 851. The molecule has 2 aliphatic rings. The zero-order chi connectivity index (χ0) is 17.8. The summed E-state index contributed by atoms with van der Waals surface area (Å²) >= 11 is 12.1. The molecule has 0 bridgehead atoms. The van der Waals surface area contributed by atoms with Crippen molar-refractivity contribution in [1.29, 1.82) is 0 Å². The van der Waals surface area contributed by atoms with Crippen LogP contribution in [-0.4, -0.2) is 28.9 Å². The first-order valence-corrected chi connectivity index (χ1v) is 8.85. The third-order valence-electron chi connectivity index (χ3n) is 5.25. The Morgan fingerprint density at radius 3 is 2.32 bits per heavy atom. The molecule has 2 heterocycles. The number of imide groups is 1. The summed E-state index contributed by atoms with van der Waals surface area (Å²) in [6, 6.07) is 14.3. The van der Waals surface area contributed by atoms with Crippen molar-refractivity contribution in [1.82, 2.24) is 4.90 Å². The molecule has 0 aliphatic carbocycles. The minimum Gasteiger partial charge on any atom is -0.309 e. The van der Waals surface area contributed by atoms with Crippen LogP contribution in [0.4, 0.5) is 10.5 Å². The van der Waals surface area contributed by atoms with Crippen LogP contribution in [-0.2, 0) is 4.79 Å². The number of benzene rings is 2. The second kappa shape index (κ2) is 5.75. The first kappa shape index (κ1) is 16.4. The first-order valence-electron chi connectivity index (χ1n) is 8.10. The molecule has 4 rings (SSSR count). The van der Waals surface area contributed by atoms with E-state index in [9.17, 15) is 9.59 Å². The molecule has 2 aromatic carbocycles. The molecule has 3 amide bonds. The van der Waals surface area contributed by atoms with Gasteiger partial charge in [-0.25, -0.2) is 9.69 Å². The molecule has 2 aromatic rings. The fourth-order valence-corrected chi connectivity index (χ4v) is 4.54. The normalized spacial score (nSPS) is 25.6. The number of carbonyl (C=O) groups excluding carboxylic acids is 2. The molecule has 0 aromatic heterocycles. The quantitative estimate of drug-likeness (QED) is 0.714. The Labute approximate surface area is 155 Å². The molecule has 2 unspecified atom stereocenters. The Hall–Kier alpha value is -2.04. The number of nitrogens with zero attached hydrogens (tertiary/aromatic N) is 2. The molecule has 0 saturated carbocycles. The average molecular weight is 375 g/mol. The van der Waals surface area contributed by atoms with E-state index < -0.39 is 5.54 Å². The van der Waals surface area contributed by atoms with Gasteiger partial charge in [0.25, 0.3) is 5.91 Å². The maximum Gasteiger partial charge on any atom is 0.332 e. The second-order valence-corrected chi connectivity index (χ2v) is 7.47. The molecule has 4 nitrogen and oxygen atoms in total. The number of hydrogen-bond acceptors (Lipinski definition) is 2. The Kier molecular flexibility index (Phi) is 3.78. The zero-order valence-electron chi connectivity index (χ0n) is 13.6. The van der Waals surface area contributed by atoms with Gasteiger partial charge < -0.3 is 4.90 Å². The van der Waals surface area contributed by atoms with E-state index in [1.807, 2.05) is 37.3 Å². The number of hydrogen-bond donors (Lipinski definition) is 0. The minimum atomic E-state index is -0.896. The van der Waals surface area contributed by atoms with Gasteiger partial charge in [-0.05, 0) is 37.1 Å². The van der Waals surface area contributed by atoms with Gasteiger partial charge in [-0.15, -0.1) is 0 Å². The van der Waals surface area contributed by atoms with E-state index in [4.69, 9.17) is 23.2 Å². The molecule has 2 saturated heterocycles. The molecular weight excluding hydrogens is 359 g/mol. The van der Waals surface area contributed by atoms with Crippen LogP contribution >= 0.6 is 23.2 Å². The number of urea groups is 1. The number of fused-ring (bicyclic) bond motifs is 1. The van der Waals surface area contributed by atoms with Gasteiger partial charge in [-0.1, -0.05) is 53.5 Å². The van der Waals surface area contributed by atoms with E-state index in [-0.39, 0.29) is 17.9 Å². The van der Waals surface area contributed by atoms with E-state index in [1.165, 1.54) is 4.90 Å². The summed E-state index contributed by atoms with van der Waals surface area (Å²) in [5.41, 5.74) is 0.585. The molecule has 128 valence electrons. The van der Waals surface area contributed by atoms with Crippen LogP contribution in [0.3, 0.4) is 0 Å². The number of amides is 3. The van der Waals surface area contributed by atoms with Gasteiger partial charge in [0.1, 0.15) is 5.54 Å². The van der Waals surface area contributed by atoms with Crippen LogP contribution in [0.5, 0.6) is 0 Å². The number of rotatable bonds is 2. The number of halogens is 2. The molecular formula is C19H16Cl2N2O2. The van der Waals surface area contributed by atoms with Gasteiger partial charge in [0.05, 0.1) is 5.69 Å². The van der Waals surface area contributed by atoms with Crippen molar-refractivity contribution in [3.8, 4) is 0 Å². The van der Waals surface area contributed by atoms with Crippen LogP contribution in [0.25, 0.3) is 0 Å². The molecule has 2 aliphatic heterocycles. The van der Waals surface area contributed by atoms with Crippen molar-refractivity contribution in [2.24, 2.45) is 0 Å². The van der Waals surface area contributed by atoms with E-state index in [0.29, 0.717) is 22.3 Å². The SMILES string of the molecule is CC12C(=O)N(c3cc(Cl)cc(Cl)c3)C(=O)N1CCC2c1ccccc1. The smallest absolute Gasteiger partial charge is 0.309 e. The van der Waals surface area contributed by atoms with Crippen molar-refractivity contribution in [3.63, 3.8) is 0 Å². The molecule has 25 heavy (non-hydrogen) atoms. The third kappa shape index (κ3) is 2.35. The lowest BCUT2D eigenvalue weighted by molar-refractivity contribution is -0.123. The lowest BCUT2D eigenvalue weighted by Gasteiger charge is -2.30. The molecule has 0 N–H and O–H groups in total. The molecule has 0 spiro atoms. The van der Waals surface area contributed by atoms with Crippen LogP contribution in [0.2, 0.25) is 10.0 Å². The van der Waals surface area contributed by atoms with E-state index in [0.717, 1.165) is 12.0 Å². The van der Waals surface area contributed by atoms with Gasteiger partial charge in [-0.3, -0.25) is 4.79 Å². The molecule has 2 fully saturated rings. The van der Waals surface area contributed by atoms with Gasteiger partial charge in [-0.2, -0.15) is 0 Å². The second-order valence-electron chi connectivity index (χ2n) is 6.60. The minimum absolute atomic E-state index is 0.0372. The van der Waals surface area contributed by atoms with Crippen LogP contribution in [0, 0.1) is 0 Å². The summed E-state index contributed by atoms with van der Waals surface area (Å²) in [6.07, 6.45) is 0.766. The van der Waals surface area contributed by atoms with Gasteiger partial charge in [0, 0.05) is 22.5 Å². The number of anilines is 1. The van der Waals surface area contributed by atoms with Crippen molar-refractivity contribution < 1.29 is 9.59 Å². The Balaban J connectivity index is 1.78. The van der Waals surface area contributed by atoms with Crippen molar-refractivity contribution in [2.75, 3.05) is 11.4 Å². The summed E-state index contributed by atoms with van der Waals surface area (Å²) < 4.78 is 0. The standard InChI is InChI=1S/C19H16Cl2N2O2/c1-19-16(12-5-3-2-4-6-12)7-8-22(19)18(25)23(17(19)24)15-10-13(20)9-14(21)11-15/h2-6,9-11,16H,7-8H2,1H3. The van der Waals surface area contributed by atoms with Crippen molar-refractivity contribution in [2.45, 2.75) is 24.8 Å². The Morgan fingerprint density at radius 1 is 1.04 bits per heavy atom. The van der Waals surface area contributed by atoms with Gasteiger partial charge in [0.2, 0.25) is 0 Å². The largest absolute Gasteiger partial charge is 0.332 e. The lowest BCUT2D eigenvalue weighted by atomic mass is 9.81. The highest BCUT2D eigenvalue weighted by Crippen LogP contribution is 2.48. The average Bonchev–Trinajstić information content (AvgIpc) is 3.01. The van der Waals surface area contributed by atoms with Gasteiger partial charge in [0.15, 0.2) is 0 Å². The van der Waals surface area contributed by atoms with E-state index in [2.05, 4.69) is 0 Å². The maximum atomic E-state index is 13.3. The summed E-state index contributed by atoms with van der Waals surface area (Å²) in [4.78, 5) is 29.1. The molecule has 6 heteroatoms. The predicted molar refractivity (Wildman–Crippen MR) is 98.3 cm³/mol. The molecule has 0 radical (unpaired) electrons. The van der Waals surface area contributed by atoms with E-state index in [1.54, 1.807) is 23.1 Å². The highest BCUT2D eigenvalue weighted by Gasteiger charge is 2.62. The predicted octanol–water partition coefficient (Wildman–Crippen LogP) is 4.71. The molecule has 2 atom stereocenters. The van der Waals surface area contributed by atoms with Crippen LogP contribution < -0.4 is 4.90 Å². The summed E-state index contributed by atoms with van der Waals surface area (Å²) in [5.74, 6) is -0.271. The zero-order valence-corrected chi connectivity index (χ0v) is 15.1. The lowest BCUT2D eigenvalue weighted by Crippen LogP contribution is -2.46. The van der Waals surface area contributed by atoms with Gasteiger partial charge >= 0.3 is 6.03 Å². The fraction of sp³-hybridized carbons (Fsp3) is 0.263. The monoisotopic (exact) mass is 374 g/mol.